The lowest BCUT2D eigenvalue weighted by molar-refractivity contribution is 0.0271. The molecule has 36 heavy (non-hydrogen) atoms. The zero-order chi connectivity index (χ0) is 26.4. The summed E-state index contributed by atoms with van der Waals surface area (Å²) in [6.07, 6.45) is 0.746. The largest absolute Gasteiger partial charge is 0.477 e. The Morgan fingerprint density at radius 3 is 2.67 bits per heavy atom. The van der Waals surface area contributed by atoms with Gasteiger partial charge in [0.15, 0.2) is 21.8 Å². The molecule has 4 N–H and O–H groups in total. The number of aromatic amines is 1. The molecule has 12 nitrogen and oxygen atoms in total. The van der Waals surface area contributed by atoms with Crippen LogP contribution in [0.2, 0.25) is 5.15 Å². The van der Waals surface area contributed by atoms with Gasteiger partial charge in [0.25, 0.3) is 11.8 Å². The van der Waals surface area contributed by atoms with Crippen molar-refractivity contribution in [3.05, 3.63) is 27.2 Å². The molecule has 0 aromatic carbocycles. The summed E-state index contributed by atoms with van der Waals surface area (Å²) in [7, 11) is 1.51. The van der Waals surface area contributed by atoms with E-state index < -0.39 is 11.9 Å². The molecule has 1 aliphatic rings. The van der Waals surface area contributed by atoms with Gasteiger partial charge < -0.3 is 35.1 Å². The monoisotopic (exact) mass is 542 g/mol. The van der Waals surface area contributed by atoms with Gasteiger partial charge in [-0.1, -0.05) is 29.9 Å². The van der Waals surface area contributed by atoms with E-state index in [0.717, 1.165) is 11.3 Å². The standard InChI is InChI=1S/C22H31ClN6O6S/c1-5-12-17(23)28-18(25-12)20(31)26-13-7-8-29(9-14(13)35-6-2)22-27-15(16(36-22)21(32)33)19(30)24-11(3)10-34-4/h11,13-14H,5-10H2,1-4H3,(H,24,30)(H,25,28)(H,26,31)(H,32,33). The molecule has 2 aromatic rings. The smallest absolute Gasteiger partial charge is 0.348 e. The number of piperidine rings is 1. The zero-order valence-electron chi connectivity index (χ0n) is 20.6. The predicted molar refractivity (Wildman–Crippen MR) is 134 cm³/mol. The number of ether oxygens (including phenoxy) is 2. The summed E-state index contributed by atoms with van der Waals surface area (Å²) in [5, 5.41) is 16.0. The molecule has 1 aliphatic heterocycles. The number of hydrogen-bond donors (Lipinski definition) is 4. The summed E-state index contributed by atoms with van der Waals surface area (Å²) in [5.41, 5.74) is 0.544. The Morgan fingerprint density at radius 2 is 2.06 bits per heavy atom. The Hall–Kier alpha value is -2.74. The molecule has 0 radical (unpaired) electrons. The van der Waals surface area contributed by atoms with E-state index in [1.165, 1.54) is 7.11 Å². The van der Waals surface area contributed by atoms with Gasteiger partial charge in [0.1, 0.15) is 4.88 Å². The number of methoxy groups -OCH3 is 1. The molecule has 0 aliphatic carbocycles. The number of hydrogen-bond acceptors (Lipinski definition) is 9. The third-order valence-electron chi connectivity index (χ3n) is 5.64. The number of anilines is 1. The number of carboxylic acids is 1. The van der Waals surface area contributed by atoms with E-state index in [2.05, 4.69) is 25.6 Å². The fourth-order valence-corrected chi connectivity index (χ4v) is 5.13. The van der Waals surface area contributed by atoms with Gasteiger partial charge in [-0.25, -0.2) is 14.8 Å². The SMILES string of the molecule is CCOC1CN(c2nc(C(=O)NC(C)COC)c(C(=O)O)s2)CCC1NC(=O)c1nc(Cl)c(CC)[nH]1. The number of aromatic nitrogens is 3. The molecule has 14 heteroatoms. The van der Waals surface area contributed by atoms with Gasteiger partial charge in [0.05, 0.1) is 24.4 Å². The van der Waals surface area contributed by atoms with Crippen LogP contribution in [0.4, 0.5) is 5.13 Å². The Balaban J connectivity index is 1.74. The maximum atomic E-state index is 12.8. The van der Waals surface area contributed by atoms with E-state index in [1.54, 1.807) is 6.92 Å². The van der Waals surface area contributed by atoms with E-state index in [0.29, 0.717) is 43.4 Å². The molecule has 0 saturated carbocycles. The number of H-pyrrole nitrogens is 1. The summed E-state index contributed by atoms with van der Waals surface area (Å²) >= 11 is 7.00. The first-order valence-electron chi connectivity index (χ1n) is 11.6. The molecule has 0 spiro atoms. The van der Waals surface area contributed by atoms with Crippen LogP contribution in [0.3, 0.4) is 0 Å². The van der Waals surface area contributed by atoms with E-state index >= 15 is 0 Å². The summed E-state index contributed by atoms with van der Waals surface area (Å²) in [6, 6.07) is -0.618. The van der Waals surface area contributed by atoms with E-state index in [-0.39, 0.29) is 52.3 Å². The summed E-state index contributed by atoms with van der Waals surface area (Å²) in [4.78, 5) is 50.4. The maximum absolute atomic E-state index is 12.8. The molecule has 1 fully saturated rings. The van der Waals surface area contributed by atoms with E-state index in [1.807, 2.05) is 18.7 Å². The van der Waals surface area contributed by atoms with Crippen molar-refractivity contribution in [2.75, 3.05) is 38.3 Å². The van der Waals surface area contributed by atoms with Crippen molar-refractivity contribution in [1.29, 1.82) is 0 Å². The molecule has 0 bridgehead atoms. The highest BCUT2D eigenvalue weighted by Crippen LogP contribution is 2.30. The summed E-state index contributed by atoms with van der Waals surface area (Å²) < 4.78 is 10.9. The van der Waals surface area contributed by atoms with Gasteiger partial charge in [-0.15, -0.1) is 0 Å². The Labute approximate surface area is 217 Å². The summed E-state index contributed by atoms with van der Waals surface area (Å²) in [5.74, 6) is -2.05. The minimum Gasteiger partial charge on any atom is -0.477 e. The summed E-state index contributed by atoms with van der Waals surface area (Å²) in [6.45, 7) is 7.04. The predicted octanol–water partition coefficient (Wildman–Crippen LogP) is 1.96. The Morgan fingerprint density at radius 1 is 1.31 bits per heavy atom. The van der Waals surface area contributed by atoms with Crippen LogP contribution in [-0.2, 0) is 15.9 Å². The van der Waals surface area contributed by atoms with Gasteiger partial charge in [-0.3, -0.25) is 9.59 Å². The van der Waals surface area contributed by atoms with Gasteiger partial charge in [-0.2, -0.15) is 0 Å². The van der Waals surface area contributed by atoms with Gasteiger partial charge in [0.2, 0.25) is 0 Å². The van der Waals surface area contributed by atoms with Crippen molar-refractivity contribution >= 4 is 45.9 Å². The number of nitrogens with zero attached hydrogens (tertiary/aromatic N) is 3. The molecule has 3 atom stereocenters. The number of halogens is 1. The fourth-order valence-electron chi connectivity index (χ4n) is 3.93. The lowest BCUT2D eigenvalue weighted by Crippen LogP contribution is -2.55. The third-order valence-corrected chi connectivity index (χ3v) is 7.06. The average Bonchev–Trinajstić information content (AvgIpc) is 3.44. The number of aromatic carboxylic acids is 1. The molecular formula is C22H31ClN6O6S. The number of nitrogens with one attached hydrogen (secondary N) is 3. The third kappa shape index (κ3) is 6.52. The van der Waals surface area contributed by atoms with E-state index in [4.69, 9.17) is 21.1 Å². The maximum Gasteiger partial charge on any atom is 0.348 e. The Bertz CT molecular complexity index is 1090. The van der Waals surface area contributed by atoms with Crippen molar-refractivity contribution < 1.29 is 29.0 Å². The molecule has 3 heterocycles. The second kappa shape index (κ2) is 12.5. The van der Waals surface area contributed by atoms with Crippen LogP contribution >= 0.6 is 22.9 Å². The molecule has 3 rings (SSSR count). The fraction of sp³-hybridized carbons (Fsp3) is 0.591. The van der Waals surface area contributed by atoms with Crippen LogP contribution in [0.5, 0.6) is 0 Å². The first-order chi connectivity index (χ1) is 17.2. The van der Waals surface area contributed by atoms with Crippen LogP contribution in [0.1, 0.15) is 63.7 Å². The number of carbonyl (C=O) groups excluding carboxylic acids is 2. The number of carbonyl (C=O) groups is 3. The van der Waals surface area contributed by atoms with Crippen molar-refractivity contribution in [3.63, 3.8) is 0 Å². The first kappa shape index (κ1) is 27.8. The highest BCUT2D eigenvalue weighted by atomic mass is 35.5. The highest BCUT2D eigenvalue weighted by molar-refractivity contribution is 7.17. The van der Waals surface area contributed by atoms with Gasteiger partial charge in [-0.05, 0) is 26.7 Å². The van der Waals surface area contributed by atoms with Crippen LogP contribution in [0.15, 0.2) is 0 Å². The average molecular weight is 543 g/mol. The lowest BCUT2D eigenvalue weighted by Gasteiger charge is -2.38. The molecule has 2 amide bonds. The lowest BCUT2D eigenvalue weighted by atomic mass is 10.0. The van der Waals surface area contributed by atoms with Crippen molar-refractivity contribution in [2.24, 2.45) is 0 Å². The van der Waals surface area contributed by atoms with Crippen molar-refractivity contribution in [3.8, 4) is 0 Å². The van der Waals surface area contributed by atoms with Crippen LogP contribution in [0.25, 0.3) is 0 Å². The quantitative estimate of drug-likeness (QED) is 0.333. The number of rotatable bonds is 11. The van der Waals surface area contributed by atoms with Crippen LogP contribution in [-0.4, -0.2) is 89.4 Å². The van der Waals surface area contributed by atoms with E-state index in [9.17, 15) is 19.5 Å². The van der Waals surface area contributed by atoms with Crippen molar-refractivity contribution in [2.45, 2.75) is 51.8 Å². The minimum absolute atomic E-state index is 0.138. The molecule has 3 unspecified atom stereocenters. The zero-order valence-corrected chi connectivity index (χ0v) is 22.2. The van der Waals surface area contributed by atoms with Gasteiger partial charge in [0, 0.05) is 32.8 Å². The molecular weight excluding hydrogens is 512 g/mol. The number of amides is 2. The van der Waals surface area contributed by atoms with Gasteiger partial charge >= 0.3 is 5.97 Å². The number of thiazole rings is 1. The molecule has 198 valence electrons. The molecule has 2 aromatic heterocycles. The second-order valence-corrected chi connectivity index (χ2v) is 9.66. The second-order valence-electron chi connectivity index (χ2n) is 8.33. The van der Waals surface area contributed by atoms with Crippen LogP contribution in [0, 0.1) is 0 Å². The first-order valence-corrected chi connectivity index (χ1v) is 12.8. The number of carboxylic acid groups (broad SMARTS) is 1. The Kier molecular flexibility index (Phi) is 9.65. The number of aryl methyl sites for hydroxylation is 1. The minimum atomic E-state index is -1.23. The number of imidazole rings is 1. The van der Waals surface area contributed by atoms with Crippen LogP contribution < -0.4 is 15.5 Å². The topological polar surface area (TPSA) is 159 Å². The van der Waals surface area contributed by atoms with Crippen molar-refractivity contribution in [1.82, 2.24) is 25.6 Å². The molecule has 1 saturated heterocycles. The highest BCUT2D eigenvalue weighted by Gasteiger charge is 2.34. The normalized spacial score (nSPS) is 18.6.